The van der Waals surface area contributed by atoms with Crippen molar-refractivity contribution in [2.45, 2.75) is 19.3 Å². The molecule has 1 aliphatic rings. The molecule has 0 saturated carbocycles. The van der Waals surface area contributed by atoms with Crippen molar-refractivity contribution in [3.05, 3.63) is 217 Å². The quantitative estimate of drug-likeness (QED) is 0.169. The Hall–Kier alpha value is -7.42. The predicted molar refractivity (Wildman–Crippen MR) is 247 cm³/mol. The molecule has 2 heteroatoms. The molecule has 0 N–H and O–H groups in total. The molecule has 1 aromatic heterocycles. The second-order valence-electron chi connectivity index (χ2n) is 16.1. The molecular formula is C57H40N2. The van der Waals surface area contributed by atoms with Crippen molar-refractivity contribution in [1.82, 2.24) is 9.97 Å². The predicted octanol–water partition coefficient (Wildman–Crippen LogP) is 15.1. The standard InChI is InChI=1S/C57H40N2/c1-57(2)51-27-15-26-49(54(51)50-33-32-40-20-9-10-22-43(40)55(50)57)46-34-35-48(45-24-13-12-23-44(45)46)53-36-52(47-25-14-11-21-42(47)39-18-7-4-8-19-39)58-56(59-53)41-30-28-38(29-31-41)37-16-5-3-6-17-37/h3-36H,1-2H3. The van der Waals surface area contributed by atoms with Crippen LogP contribution in [0.15, 0.2) is 206 Å². The van der Waals surface area contributed by atoms with Crippen LogP contribution in [0.4, 0.5) is 0 Å². The Morgan fingerprint density at radius 1 is 0.339 bits per heavy atom. The zero-order valence-electron chi connectivity index (χ0n) is 33.0. The molecule has 10 aromatic rings. The minimum Gasteiger partial charge on any atom is -0.228 e. The Kier molecular flexibility index (Phi) is 8.20. The summed E-state index contributed by atoms with van der Waals surface area (Å²) in [4.78, 5) is 10.7. The largest absolute Gasteiger partial charge is 0.228 e. The molecule has 1 aliphatic carbocycles. The summed E-state index contributed by atoms with van der Waals surface area (Å²) in [6.45, 7) is 4.76. The van der Waals surface area contributed by atoms with Crippen molar-refractivity contribution < 1.29 is 0 Å². The van der Waals surface area contributed by atoms with Crippen molar-refractivity contribution in [3.8, 4) is 78.4 Å². The van der Waals surface area contributed by atoms with Crippen molar-refractivity contribution >= 4 is 21.5 Å². The minimum atomic E-state index is -0.139. The molecule has 0 aliphatic heterocycles. The Labute approximate surface area is 345 Å². The normalized spacial score (nSPS) is 12.7. The molecule has 0 amide bonds. The molecule has 278 valence electrons. The summed E-state index contributed by atoms with van der Waals surface area (Å²) >= 11 is 0. The SMILES string of the molecule is CC1(C)c2cccc(-c3ccc(-c4cc(-c5ccccc5-c5ccccc5)nc(-c5ccc(-c6ccccc6)cc5)n4)c4ccccc34)c2-c2ccc3ccccc3c21. The van der Waals surface area contributed by atoms with E-state index in [0.717, 1.165) is 50.2 Å². The lowest BCUT2D eigenvalue weighted by atomic mass is 9.80. The van der Waals surface area contributed by atoms with Gasteiger partial charge >= 0.3 is 0 Å². The minimum absolute atomic E-state index is 0.139. The molecule has 1 heterocycles. The smallest absolute Gasteiger partial charge is 0.160 e. The van der Waals surface area contributed by atoms with E-state index in [1.54, 1.807) is 0 Å². The number of fused-ring (bicyclic) bond motifs is 6. The van der Waals surface area contributed by atoms with E-state index in [9.17, 15) is 0 Å². The first-order valence-electron chi connectivity index (χ1n) is 20.4. The summed E-state index contributed by atoms with van der Waals surface area (Å²) in [5.41, 5.74) is 17.3. The van der Waals surface area contributed by atoms with Crippen LogP contribution in [-0.2, 0) is 5.41 Å². The van der Waals surface area contributed by atoms with E-state index in [1.165, 1.54) is 55.1 Å². The molecule has 59 heavy (non-hydrogen) atoms. The van der Waals surface area contributed by atoms with E-state index in [2.05, 4.69) is 220 Å². The number of nitrogens with zero attached hydrogens (tertiary/aromatic N) is 2. The molecule has 0 spiro atoms. The average molecular weight is 753 g/mol. The van der Waals surface area contributed by atoms with Gasteiger partial charge in [0.15, 0.2) is 5.82 Å². The van der Waals surface area contributed by atoms with E-state index in [0.29, 0.717) is 5.82 Å². The first-order valence-corrected chi connectivity index (χ1v) is 20.4. The third kappa shape index (κ3) is 5.79. The zero-order chi connectivity index (χ0) is 39.5. The number of rotatable bonds is 6. The second kappa shape index (κ2) is 13.9. The van der Waals surface area contributed by atoms with Crippen LogP contribution >= 0.6 is 0 Å². The van der Waals surface area contributed by atoms with Crippen molar-refractivity contribution in [2.24, 2.45) is 0 Å². The second-order valence-corrected chi connectivity index (χ2v) is 16.1. The van der Waals surface area contributed by atoms with Gasteiger partial charge in [-0.3, -0.25) is 0 Å². The van der Waals surface area contributed by atoms with Crippen molar-refractivity contribution in [2.75, 3.05) is 0 Å². The van der Waals surface area contributed by atoms with E-state index in [4.69, 9.17) is 9.97 Å². The van der Waals surface area contributed by atoms with Crippen LogP contribution in [0.2, 0.25) is 0 Å². The fourth-order valence-corrected chi connectivity index (χ4v) is 9.50. The van der Waals surface area contributed by atoms with Gasteiger partial charge in [-0.1, -0.05) is 214 Å². The van der Waals surface area contributed by atoms with Gasteiger partial charge in [0.05, 0.1) is 11.4 Å². The maximum absolute atomic E-state index is 5.38. The first kappa shape index (κ1) is 34.8. The van der Waals surface area contributed by atoms with Gasteiger partial charge in [0.1, 0.15) is 0 Å². The molecule has 11 rings (SSSR count). The monoisotopic (exact) mass is 752 g/mol. The highest BCUT2D eigenvalue weighted by atomic mass is 14.9. The van der Waals surface area contributed by atoms with Gasteiger partial charge in [-0.15, -0.1) is 0 Å². The van der Waals surface area contributed by atoms with Crippen LogP contribution in [0.3, 0.4) is 0 Å². The fourth-order valence-electron chi connectivity index (χ4n) is 9.50. The molecule has 2 nitrogen and oxygen atoms in total. The molecule has 0 fully saturated rings. The van der Waals surface area contributed by atoms with Crippen LogP contribution in [0.1, 0.15) is 25.0 Å². The van der Waals surface area contributed by atoms with Gasteiger partial charge in [-0.2, -0.15) is 0 Å². The Bertz CT molecular complexity index is 3220. The van der Waals surface area contributed by atoms with E-state index < -0.39 is 0 Å². The average Bonchev–Trinajstić information content (AvgIpc) is 3.55. The molecule has 0 radical (unpaired) electrons. The van der Waals surface area contributed by atoms with Crippen molar-refractivity contribution in [1.29, 1.82) is 0 Å². The maximum Gasteiger partial charge on any atom is 0.160 e. The Morgan fingerprint density at radius 3 is 1.61 bits per heavy atom. The summed E-state index contributed by atoms with van der Waals surface area (Å²) < 4.78 is 0. The van der Waals surface area contributed by atoms with Crippen molar-refractivity contribution in [3.63, 3.8) is 0 Å². The lowest BCUT2D eigenvalue weighted by Crippen LogP contribution is -2.15. The van der Waals surface area contributed by atoms with Gasteiger partial charge in [-0.05, 0) is 83.2 Å². The lowest BCUT2D eigenvalue weighted by Gasteiger charge is -2.23. The van der Waals surface area contributed by atoms with E-state index in [-0.39, 0.29) is 5.41 Å². The van der Waals surface area contributed by atoms with Gasteiger partial charge in [0.25, 0.3) is 0 Å². The number of aromatic nitrogens is 2. The Morgan fingerprint density at radius 2 is 0.864 bits per heavy atom. The maximum atomic E-state index is 5.38. The molecule has 0 saturated heterocycles. The lowest BCUT2D eigenvalue weighted by molar-refractivity contribution is 0.666. The van der Waals surface area contributed by atoms with E-state index >= 15 is 0 Å². The summed E-state index contributed by atoms with van der Waals surface area (Å²) in [6.07, 6.45) is 0. The summed E-state index contributed by atoms with van der Waals surface area (Å²) in [5.74, 6) is 0.695. The topological polar surface area (TPSA) is 25.8 Å². The summed E-state index contributed by atoms with van der Waals surface area (Å²) in [7, 11) is 0. The van der Waals surface area contributed by atoms with Gasteiger partial charge < -0.3 is 0 Å². The highest BCUT2D eigenvalue weighted by Crippen LogP contribution is 2.55. The third-order valence-electron chi connectivity index (χ3n) is 12.3. The molecular weight excluding hydrogens is 713 g/mol. The Balaban J connectivity index is 1.11. The summed E-state index contributed by atoms with van der Waals surface area (Å²) in [5, 5.41) is 4.97. The molecule has 0 bridgehead atoms. The van der Waals surface area contributed by atoms with Gasteiger partial charge in [0.2, 0.25) is 0 Å². The number of hydrogen-bond acceptors (Lipinski definition) is 2. The van der Waals surface area contributed by atoms with Gasteiger partial charge in [0, 0.05) is 22.1 Å². The molecule has 0 atom stereocenters. The zero-order valence-corrected chi connectivity index (χ0v) is 33.0. The first-order chi connectivity index (χ1) is 29.0. The fraction of sp³-hybridized carbons (Fsp3) is 0.0526. The van der Waals surface area contributed by atoms with Gasteiger partial charge in [-0.25, -0.2) is 9.97 Å². The van der Waals surface area contributed by atoms with Crippen LogP contribution in [0, 0.1) is 0 Å². The highest BCUT2D eigenvalue weighted by Gasteiger charge is 2.38. The number of hydrogen-bond donors (Lipinski definition) is 0. The van der Waals surface area contributed by atoms with Crippen LogP contribution in [0.25, 0.3) is 100.0 Å². The number of benzene rings is 9. The highest BCUT2D eigenvalue weighted by molar-refractivity contribution is 6.09. The van der Waals surface area contributed by atoms with E-state index in [1.807, 2.05) is 0 Å². The summed E-state index contributed by atoms with van der Waals surface area (Å²) in [6, 6.07) is 74.2. The third-order valence-corrected chi connectivity index (χ3v) is 12.3. The van der Waals surface area contributed by atoms with Crippen LogP contribution < -0.4 is 0 Å². The van der Waals surface area contributed by atoms with Crippen LogP contribution in [0.5, 0.6) is 0 Å². The molecule has 0 unspecified atom stereocenters. The van der Waals surface area contributed by atoms with Crippen LogP contribution in [-0.4, -0.2) is 9.97 Å². The molecule has 9 aromatic carbocycles.